The molecule has 1 N–H and O–H groups in total. The van der Waals surface area contributed by atoms with Crippen LogP contribution in [-0.4, -0.2) is 36.8 Å². The summed E-state index contributed by atoms with van der Waals surface area (Å²) >= 11 is 5.61. The lowest BCUT2D eigenvalue weighted by Gasteiger charge is -2.23. The molecule has 3 aromatic rings. The van der Waals surface area contributed by atoms with Gasteiger partial charge >= 0.3 is 0 Å². The van der Waals surface area contributed by atoms with Gasteiger partial charge in [0.15, 0.2) is 5.11 Å². The molecule has 0 saturated carbocycles. The number of benzene rings is 3. The Labute approximate surface area is 197 Å². The maximum atomic E-state index is 5.61. The summed E-state index contributed by atoms with van der Waals surface area (Å²) in [6.07, 6.45) is 0.849. The molecule has 0 aliphatic rings. The number of hydrogen-bond acceptors (Lipinski definition) is 2. The first-order chi connectivity index (χ1) is 15.7. The van der Waals surface area contributed by atoms with Crippen LogP contribution in [0.1, 0.15) is 37.0 Å². The van der Waals surface area contributed by atoms with E-state index in [9.17, 15) is 0 Å². The first-order valence-electron chi connectivity index (χ1n) is 11.2. The molecule has 3 aromatic carbocycles. The van der Waals surface area contributed by atoms with Gasteiger partial charge in [0, 0.05) is 19.6 Å². The van der Waals surface area contributed by atoms with Crippen molar-refractivity contribution < 1.29 is 4.74 Å². The van der Waals surface area contributed by atoms with Crippen molar-refractivity contribution in [3.8, 4) is 5.75 Å². The lowest BCUT2D eigenvalue weighted by atomic mass is 9.88. The van der Waals surface area contributed by atoms with Gasteiger partial charge in [0.2, 0.25) is 0 Å². The molecule has 0 fully saturated rings. The fraction of sp³-hybridized carbons (Fsp3) is 0.250. The van der Waals surface area contributed by atoms with Gasteiger partial charge in [0.05, 0.1) is 7.11 Å². The summed E-state index contributed by atoms with van der Waals surface area (Å²) in [7, 11) is 1.70. The molecule has 3 nitrogen and oxygen atoms in total. The van der Waals surface area contributed by atoms with Crippen LogP contribution in [0.3, 0.4) is 0 Å². The van der Waals surface area contributed by atoms with Crippen molar-refractivity contribution in [2.75, 3.05) is 26.7 Å². The second-order valence-electron chi connectivity index (χ2n) is 7.47. The number of rotatable bonds is 9. The average Bonchev–Trinajstić information content (AvgIpc) is 2.85. The van der Waals surface area contributed by atoms with E-state index >= 15 is 0 Å². The molecule has 0 atom stereocenters. The van der Waals surface area contributed by atoms with Gasteiger partial charge in [-0.3, -0.25) is 0 Å². The summed E-state index contributed by atoms with van der Waals surface area (Å²) in [5.74, 6) is 0.855. The van der Waals surface area contributed by atoms with Crippen LogP contribution in [0.2, 0.25) is 0 Å². The molecule has 32 heavy (non-hydrogen) atoms. The topological polar surface area (TPSA) is 24.5 Å². The summed E-state index contributed by atoms with van der Waals surface area (Å²) in [4.78, 5) is 2.17. The molecule has 3 rings (SSSR count). The van der Waals surface area contributed by atoms with Crippen LogP contribution in [0, 0.1) is 0 Å². The number of nitrogens with one attached hydrogen (secondary N) is 1. The van der Waals surface area contributed by atoms with E-state index in [-0.39, 0.29) is 0 Å². The molecular formula is C28H32N2OS. The highest BCUT2D eigenvalue weighted by molar-refractivity contribution is 7.80. The van der Waals surface area contributed by atoms with Crippen LogP contribution >= 0.6 is 12.2 Å². The molecule has 0 heterocycles. The van der Waals surface area contributed by atoms with Crippen LogP contribution in [0.25, 0.3) is 11.1 Å². The third-order valence-corrected chi connectivity index (χ3v) is 5.97. The summed E-state index contributed by atoms with van der Waals surface area (Å²) in [6, 6.07) is 29.5. The van der Waals surface area contributed by atoms with Crippen LogP contribution < -0.4 is 10.1 Å². The number of ether oxygens (including phenoxy) is 1. The Morgan fingerprint density at radius 2 is 1.31 bits per heavy atom. The number of methoxy groups -OCH3 is 1. The van der Waals surface area contributed by atoms with Crippen molar-refractivity contribution in [1.29, 1.82) is 0 Å². The Bertz CT molecular complexity index is 1010. The molecule has 4 heteroatoms. The standard InChI is InChI=1S/C28H32N2OS/c1-4-30(5-2)28(32)29-21-20-26(22-12-8-6-9-13-22)27(23-14-10-7-11-15-23)24-16-18-25(31-3)19-17-24/h6-19H,4-5,20-21H2,1-3H3,(H,29,32)/b27-26-. The quantitative estimate of drug-likeness (QED) is 0.311. The van der Waals surface area contributed by atoms with Crippen LogP contribution in [-0.2, 0) is 0 Å². The minimum absolute atomic E-state index is 0.770. The third-order valence-electron chi connectivity index (χ3n) is 5.57. The molecule has 0 amide bonds. The van der Waals surface area contributed by atoms with Gasteiger partial charge in [0.1, 0.15) is 5.75 Å². The van der Waals surface area contributed by atoms with Crippen LogP contribution in [0.4, 0.5) is 0 Å². The summed E-state index contributed by atoms with van der Waals surface area (Å²) in [5, 5.41) is 4.28. The monoisotopic (exact) mass is 444 g/mol. The average molecular weight is 445 g/mol. The molecule has 0 unspecified atom stereocenters. The lowest BCUT2D eigenvalue weighted by Crippen LogP contribution is -2.39. The highest BCUT2D eigenvalue weighted by Crippen LogP contribution is 2.34. The molecule has 0 aliphatic carbocycles. The van der Waals surface area contributed by atoms with E-state index in [1.165, 1.54) is 27.8 Å². The lowest BCUT2D eigenvalue weighted by molar-refractivity contribution is 0.415. The first kappa shape index (κ1) is 23.6. The van der Waals surface area contributed by atoms with E-state index in [2.05, 4.69) is 96.9 Å². The zero-order chi connectivity index (χ0) is 22.8. The Balaban J connectivity index is 2.05. The van der Waals surface area contributed by atoms with E-state index in [1.807, 2.05) is 12.1 Å². The molecule has 0 spiro atoms. The van der Waals surface area contributed by atoms with Crippen LogP contribution in [0.15, 0.2) is 84.9 Å². The van der Waals surface area contributed by atoms with Gasteiger partial charge in [0.25, 0.3) is 0 Å². The molecule has 0 bridgehead atoms. The smallest absolute Gasteiger partial charge is 0.168 e. The van der Waals surface area contributed by atoms with Crippen molar-refractivity contribution in [3.05, 3.63) is 102 Å². The fourth-order valence-corrected chi connectivity index (χ4v) is 4.21. The van der Waals surface area contributed by atoms with Crippen molar-refractivity contribution in [3.63, 3.8) is 0 Å². The molecule has 0 aliphatic heterocycles. The maximum Gasteiger partial charge on any atom is 0.168 e. The Kier molecular flexibility index (Phi) is 8.88. The summed E-state index contributed by atoms with van der Waals surface area (Å²) in [5.41, 5.74) is 6.11. The van der Waals surface area contributed by atoms with Crippen LogP contribution in [0.5, 0.6) is 5.75 Å². The van der Waals surface area contributed by atoms with Crippen molar-refractivity contribution >= 4 is 28.5 Å². The van der Waals surface area contributed by atoms with Crippen molar-refractivity contribution in [2.24, 2.45) is 0 Å². The van der Waals surface area contributed by atoms with Gasteiger partial charge in [-0.15, -0.1) is 0 Å². The molecule has 0 radical (unpaired) electrons. The van der Waals surface area contributed by atoms with E-state index in [1.54, 1.807) is 7.11 Å². The number of hydrogen-bond donors (Lipinski definition) is 1. The Morgan fingerprint density at radius 1 is 0.781 bits per heavy atom. The SMILES string of the molecule is CCN(CC)C(=S)NCC/C(=C(\c1ccccc1)c1ccc(OC)cc1)c1ccccc1. The fourth-order valence-electron chi connectivity index (χ4n) is 3.85. The first-order valence-corrected chi connectivity index (χ1v) is 11.6. The van der Waals surface area contributed by atoms with Crippen molar-refractivity contribution in [2.45, 2.75) is 20.3 Å². The van der Waals surface area contributed by atoms with E-state index in [4.69, 9.17) is 17.0 Å². The van der Waals surface area contributed by atoms with Gasteiger partial charge in [-0.2, -0.15) is 0 Å². The minimum Gasteiger partial charge on any atom is -0.497 e. The van der Waals surface area contributed by atoms with E-state index < -0.39 is 0 Å². The molecular weight excluding hydrogens is 412 g/mol. The normalized spacial score (nSPS) is 11.5. The van der Waals surface area contributed by atoms with E-state index in [0.717, 1.165) is 36.9 Å². The van der Waals surface area contributed by atoms with Gasteiger partial charge in [-0.25, -0.2) is 0 Å². The maximum absolute atomic E-state index is 5.61. The Hall–Kier alpha value is -3.11. The second kappa shape index (κ2) is 12.1. The Morgan fingerprint density at radius 3 is 1.84 bits per heavy atom. The summed E-state index contributed by atoms with van der Waals surface area (Å²) in [6.45, 7) is 6.84. The predicted octanol–water partition coefficient (Wildman–Crippen LogP) is 6.26. The largest absolute Gasteiger partial charge is 0.497 e. The second-order valence-corrected chi connectivity index (χ2v) is 7.86. The zero-order valence-electron chi connectivity index (χ0n) is 19.2. The number of thiocarbonyl (C=S) groups is 1. The summed E-state index contributed by atoms with van der Waals surface area (Å²) < 4.78 is 5.39. The van der Waals surface area contributed by atoms with Gasteiger partial charge in [-0.05, 0) is 72.5 Å². The highest BCUT2D eigenvalue weighted by atomic mass is 32.1. The minimum atomic E-state index is 0.770. The van der Waals surface area contributed by atoms with Crippen molar-refractivity contribution in [1.82, 2.24) is 10.2 Å². The molecule has 166 valence electrons. The molecule has 0 saturated heterocycles. The molecule has 0 aromatic heterocycles. The number of nitrogens with zero attached hydrogens (tertiary/aromatic N) is 1. The van der Waals surface area contributed by atoms with Gasteiger partial charge in [-0.1, -0.05) is 72.8 Å². The van der Waals surface area contributed by atoms with Gasteiger partial charge < -0.3 is 15.0 Å². The van der Waals surface area contributed by atoms with E-state index in [0.29, 0.717) is 0 Å². The highest BCUT2D eigenvalue weighted by Gasteiger charge is 2.15. The third kappa shape index (κ3) is 5.98. The zero-order valence-corrected chi connectivity index (χ0v) is 20.0. The predicted molar refractivity (Wildman–Crippen MR) is 140 cm³/mol.